The Morgan fingerprint density at radius 1 is 1.28 bits per heavy atom. The van der Waals surface area contributed by atoms with Crippen LogP contribution in [0.5, 0.6) is 0 Å². The molecule has 0 aliphatic heterocycles. The minimum absolute atomic E-state index is 0.140. The van der Waals surface area contributed by atoms with Crippen molar-refractivity contribution in [1.29, 1.82) is 0 Å². The molecule has 0 bridgehead atoms. The number of nitrogens with zero attached hydrogens (tertiary/aromatic N) is 2. The van der Waals surface area contributed by atoms with E-state index in [1.165, 1.54) is 0 Å². The quantitative estimate of drug-likeness (QED) is 0.424. The Hall–Kier alpha value is -2.94. The van der Waals surface area contributed by atoms with Crippen molar-refractivity contribution in [3.8, 4) is 0 Å². The zero-order valence-corrected chi connectivity index (χ0v) is 13.9. The number of aliphatic hydroxyl groups is 1. The average Bonchev–Trinajstić information content (AvgIpc) is 3.09. The molecule has 0 aliphatic rings. The zero-order chi connectivity index (χ0) is 18.1. The molecule has 1 aromatic carbocycles. The number of unbranched alkanes of at least 4 members (excludes halogenated alkanes) is 1. The van der Waals surface area contributed by atoms with Gasteiger partial charge in [-0.15, -0.1) is 0 Å². The minimum atomic E-state index is -0.430. The van der Waals surface area contributed by atoms with E-state index in [-0.39, 0.29) is 24.9 Å². The van der Waals surface area contributed by atoms with Crippen molar-refractivity contribution in [1.82, 2.24) is 20.5 Å². The third-order valence-electron chi connectivity index (χ3n) is 3.25. The first kappa shape index (κ1) is 18.4. The van der Waals surface area contributed by atoms with Gasteiger partial charge in [-0.2, -0.15) is 5.10 Å². The Labute approximate surface area is 144 Å². The molecule has 0 spiro atoms. The Balaban J connectivity index is 1.79. The topological polar surface area (TPSA) is 129 Å². The summed E-state index contributed by atoms with van der Waals surface area (Å²) in [5.74, 6) is 0.317. The molecule has 2 aromatic rings. The molecule has 2 rings (SSSR count). The van der Waals surface area contributed by atoms with Crippen molar-refractivity contribution >= 4 is 17.7 Å². The van der Waals surface area contributed by atoms with Gasteiger partial charge in [-0.05, 0) is 30.7 Å². The van der Waals surface area contributed by atoms with Gasteiger partial charge < -0.3 is 20.5 Å². The standard InChI is InChI=1S/C16H21N5O4/c1-2-3-8-25-15(23)11-4-6-12(7-5-11)18-16(24)17-9-13-19-14(10-22)21-20-13/h4-7,22H,2-3,8-10H2,1H3,(H2,17,18,24)(H,19,20,21). The molecular formula is C16H21N5O4. The second kappa shape index (κ2) is 9.38. The molecule has 25 heavy (non-hydrogen) atoms. The van der Waals surface area contributed by atoms with E-state index < -0.39 is 6.03 Å². The first-order valence-corrected chi connectivity index (χ1v) is 7.95. The number of aromatic amines is 1. The van der Waals surface area contributed by atoms with Crippen molar-refractivity contribution in [3.05, 3.63) is 41.5 Å². The van der Waals surface area contributed by atoms with Crippen molar-refractivity contribution in [2.45, 2.75) is 32.9 Å². The molecule has 1 aromatic heterocycles. The Morgan fingerprint density at radius 3 is 2.68 bits per heavy atom. The van der Waals surface area contributed by atoms with Gasteiger partial charge in [-0.3, -0.25) is 5.10 Å². The highest BCUT2D eigenvalue weighted by Crippen LogP contribution is 2.11. The number of esters is 1. The normalized spacial score (nSPS) is 10.3. The van der Waals surface area contributed by atoms with Crippen LogP contribution < -0.4 is 10.6 Å². The van der Waals surface area contributed by atoms with Crippen molar-refractivity contribution < 1.29 is 19.4 Å². The van der Waals surface area contributed by atoms with Gasteiger partial charge in [-0.25, -0.2) is 14.6 Å². The number of hydrogen-bond donors (Lipinski definition) is 4. The highest BCUT2D eigenvalue weighted by Gasteiger charge is 2.08. The lowest BCUT2D eigenvalue weighted by atomic mass is 10.2. The highest BCUT2D eigenvalue weighted by molar-refractivity contribution is 5.92. The number of ether oxygens (including phenoxy) is 1. The largest absolute Gasteiger partial charge is 0.462 e. The number of carbonyl (C=O) groups is 2. The minimum Gasteiger partial charge on any atom is -0.462 e. The molecule has 1 heterocycles. The van der Waals surface area contributed by atoms with Crippen LogP contribution in [-0.4, -0.2) is 38.9 Å². The Kier molecular flexibility index (Phi) is 6.90. The number of aliphatic hydroxyl groups excluding tert-OH is 1. The lowest BCUT2D eigenvalue weighted by molar-refractivity contribution is 0.0500. The molecule has 134 valence electrons. The van der Waals surface area contributed by atoms with Crippen LogP contribution in [0.1, 0.15) is 41.8 Å². The lowest BCUT2D eigenvalue weighted by Crippen LogP contribution is -2.28. The monoisotopic (exact) mass is 347 g/mol. The number of anilines is 1. The molecule has 9 heteroatoms. The van der Waals surface area contributed by atoms with E-state index in [1.54, 1.807) is 24.3 Å². The van der Waals surface area contributed by atoms with Crippen molar-refractivity contribution in [2.24, 2.45) is 0 Å². The molecule has 0 unspecified atom stereocenters. The summed E-state index contributed by atoms with van der Waals surface area (Å²) in [5, 5.41) is 20.5. The van der Waals surface area contributed by atoms with E-state index in [4.69, 9.17) is 9.84 Å². The number of benzene rings is 1. The molecule has 2 amide bonds. The summed E-state index contributed by atoms with van der Waals surface area (Å²) in [6.07, 6.45) is 1.79. The van der Waals surface area contributed by atoms with Crippen LogP contribution in [0.3, 0.4) is 0 Å². The number of amides is 2. The van der Waals surface area contributed by atoms with Crippen LogP contribution in [0.25, 0.3) is 0 Å². The van der Waals surface area contributed by atoms with Gasteiger partial charge in [0.1, 0.15) is 12.4 Å². The van der Waals surface area contributed by atoms with Crippen LogP contribution in [0, 0.1) is 0 Å². The third-order valence-corrected chi connectivity index (χ3v) is 3.25. The van der Waals surface area contributed by atoms with Gasteiger partial charge in [0.05, 0.1) is 18.7 Å². The molecule has 9 nitrogen and oxygen atoms in total. The van der Waals surface area contributed by atoms with E-state index in [9.17, 15) is 9.59 Å². The fourth-order valence-electron chi connectivity index (χ4n) is 1.91. The molecular weight excluding hydrogens is 326 g/mol. The SMILES string of the molecule is CCCCOC(=O)c1ccc(NC(=O)NCc2nc(CO)n[nH]2)cc1. The van der Waals surface area contributed by atoms with E-state index in [2.05, 4.69) is 25.8 Å². The number of rotatable bonds is 8. The fraction of sp³-hybridized carbons (Fsp3) is 0.375. The number of H-pyrrole nitrogens is 1. The smallest absolute Gasteiger partial charge is 0.338 e. The summed E-state index contributed by atoms with van der Waals surface area (Å²) in [6.45, 7) is 2.29. The molecule has 4 N–H and O–H groups in total. The lowest BCUT2D eigenvalue weighted by Gasteiger charge is -2.07. The number of nitrogens with one attached hydrogen (secondary N) is 3. The van der Waals surface area contributed by atoms with Crippen LogP contribution in [0.2, 0.25) is 0 Å². The van der Waals surface area contributed by atoms with Crippen LogP contribution >= 0.6 is 0 Å². The maximum absolute atomic E-state index is 11.8. The number of urea groups is 1. The molecule has 0 saturated heterocycles. The van der Waals surface area contributed by atoms with Gasteiger partial charge in [0, 0.05) is 5.69 Å². The Morgan fingerprint density at radius 2 is 2.04 bits per heavy atom. The summed E-state index contributed by atoms with van der Waals surface area (Å²) in [6, 6.07) is 5.99. The number of aromatic nitrogens is 3. The summed E-state index contributed by atoms with van der Waals surface area (Å²) in [7, 11) is 0. The molecule has 0 saturated carbocycles. The molecule has 0 radical (unpaired) electrons. The number of hydrogen-bond acceptors (Lipinski definition) is 6. The van der Waals surface area contributed by atoms with Crippen molar-refractivity contribution in [3.63, 3.8) is 0 Å². The first-order chi connectivity index (χ1) is 12.1. The summed E-state index contributed by atoms with van der Waals surface area (Å²) < 4.78 is 5.12. The van der Waals surface area contributed by atoms with Gasteiger partial charge in [0.2, 0.25) is 0 Å². The van der Waals surface area contributed by atoms with E-state index in [0.29, 0.717) is 23.7 Å². The van der Waals surface area contributed by atoms with E-state index in [1.807, 2.05) is 6.92 Å². The van der Waals surface area contributed by atoms with Gasteiger partial charge in [0.25, 0.3) is 0 Å². The second-order valence-corrected chi connectivity index (χ2v) is 5.23. The number of carbonyl (C=O) groups excluding carboxylic acids is 2. The van der Waals surface area contributed by atoms with Gasteiger partial charge in [-0.1, -0.05) is 13.3 Å². The summed E-state index contributed by atoms with van der Waals surface area (Å²) >= 11 is 0. The summed E-state index contributed by atoms with van der Waals surface area (Å²) in [5.41, 5.74) is 0.969. The first-order valence-electron chi connectivity index (χ1n) is 7.95. The predicted octanol–water partition coefficient (Wildman–Crippen LogP) is 1.58. The fourth-order valence-corrected chi connectivity index (χ4v) is 1.91. The maximum Gasteiger partial charge on any atom is 0.338 e. The summed E-state index contributed by atoms with van der Waals surface area (Å²) in [4.78, 5) is 27.6. The van der Waals surface area contributed by atoms with Crippen LogP contribution in [0.15, 0.2) is 24.3 Å². The van der Waals surface area contributed by atoms with E-state index >= 15 is 0 Å². The van der Waals surface area contributed by atoms with Crippen LogP contribution in [-0.2, 0) is 17.9 Å². The Bertz CT molecular complexity index is 699. The second-order valence-electron chi connectivity index (χ2n) is 5.23. The zero-order valence-electron chi connectivity index (χ0n) is 13.9. The predicted molar refractivity (Wildman–Crippen MR) is 89.8 cm³/mol. The van der Waals surface area contributed by atoms with Crippen LogP contribution in [0.4, 0.5) is 10.5 Å². The molecule has 0 fully saturated rings. The molecule has 0 atom stereocenters. The van der Waals surface area contributed by atoms with E-state index in [0.717, 1.165) is 12.8 Å². The average molecular weight is 347 g/mol. The maximum atomic E-state index is 11.8. The highest BCUT2D eigenvalue weighted by atomic mass is 16.5. The third kappa shape index (κ3) is 5.88. The van der Waals surface area contributed by atoms with Gasteiger partial charge in [0.15, 0.2) is 5.82 Å². The van der Waals surface area contributed by atoms with Crippen molar-refractivity contribution in [2.75, 3.05) is 11.9 Å². The molecule has 0 aliphatic carbocycles. The van der Waals surface area contributed by atoms with Gasteiger partial charge >= 0.3 is 12.0 Å².